The fraction of sp³-hybridized carbons (Fsp3) is 0.227. The van der Waals surface area contributed by atoms with Gasteiger partial charge in [-0.2, -0.15) is 0 Å². The second kappa shape index (κ2) is 8.53. The van der Waals surface area contributed by atoms with Crippen LogP contribution in [0.15, 0.2) is 48.2 Å². The number of halogens is 2. The Morgan fingerprint density at radius 2 is 1.73 bits per heavy atom. The van der Waals surface area contributed by atoms with Crippen molar-refractivity contribution in [2.75, 3.05) is 42.8 Å². The third kappa shape index (κ3) is 4.07. The monoisotopic (exact) mass is 488 g/mol. The first-order valence-electron chi connectivity index (χ1n) is 10.2. The number of carbonyl (C=O) groups is 2. The predicted molar refractivity (Wildman–Crippen MR) is 124 cm³/mol. The number of rotatable bonds is 3. The molecule has 0 bridgehead atoms. The first-order chi connectivity index (χ1) is 15.9. The number of ether oxygens (including phenoxy) is 2. The minimum Gasteiger partial charge on any atom is -0.454 e. The minimum absolute atomic E-state index is 0.0550. The molecule has 3 heterocycles. The lowest BCUT2D eigenvalue weighted by Crippen LogP contribution is -2.55. The number of amides is 2. The van der Waals surface area contributed by atoms with Crippen molar-refractivity contribution in [1.82, 2.24) is 10.2 Å². The Morgan fingerprint density at radius 1 is 1.00 bits per heavy atom. The number of fused-ring (bicyclic) bond motifs is 1. The summed E-state index contributed by atoms with van der Waals surface area (Å²) in [4.78, 5) is 30.9. The third-order valence-electron chi connectivity index (χ3n) is 5.61. The summed E-state index contributed by atoms with van der Waals surface area (Å²) in [5, 5.41) is 2.29. The van der Waals surface area contributed by atoms with Crippen LogP contribution in [0.4, 0.5) is 15.8 Å². The summed E-state index contributed by atoms with van der Waals surface area (Å²) < 4.78 is 24.4. The maximum Gasteiger partial charge on any atom is 0.271 e. The van der Waals surface area contributed by atoms with Gasteiger partial charge < -0.3 is 19.3 Å². The zero-order valence-electron chi connectivity index (χ0n) is 17.2. The molecule has 0 saturated carbocycles. The molecule has 2 amide bonds. The Bertz CT molecular complexity index is 1200. The molecule has 0 aliphatic carbocycles. The standard InChI is InChI=1S/C22H18ClFN4O4S/c23-16-9-14(1-3-17(16)24)28-21(30)15(20(29)25-22(28)33)11-26-5-7-27(8-6-26)13-2-4-18-19(10-13)32-12-31-18/h1-4,9-11H,5-8,12H2,(H,25,29,33)/b15-11-. The van der Waals surface area contributed by atoms with E-state index in [1.807, 2.05) is 23.1 Å². The van der Waals surface area contributed by atoms with Crippen LogP contribution in [0.1, 0.15) is 0 Å². The number of anilines is 2. The zero-order valence-corrected chi connectivity index (χ0v) is 18.8. The molecule has 0 unspecified atom stereocenters. The zero-order chi connectivity index (χ0) is 23.1. The van der Waals surface area contributed by atoms with Crippen molar-refractivity contribution in [2.45, 2.75) is 0 Å². The van der Waals surface area contributed by atoms with Gasteiger partial charge in [-0.25, -0.2) is 4.39 Å². The number of benzene rings is 2. The molecule has 33 heavy (non-hydrogen) atoms. The molecule has 11 heteroatoms. The summed E-state index contributed by atoms with van der Waals surface area (Å²) in [5.41, 5.74) is 1.23. The van der Waals surface area contributed by atoms with E-state index in [2.05, 4.69) is 10.2 Å². The molecule has 2 aromatic carbocycles. The quantitative estimate of drug-likeness (QED) is 0.404. The fourth-order valence-corrected chi connectivity index (χ4v) is 4.33. The molecule has 3 aliphatic rings. The number of carbonyl (C=O) groups excluding carboxylic acids is 2. The molecule has 2 aromatic rings. The number of hydrogen-bond acceptors (Lipinski definition) is 7. The lowest BCUT2D eigenvalue weighted by molar-refractivity contribution is -0.122. The van der Waals surface area contributed by atoms with E-state index >= 15 is 0 Å². The summed E-state index contributed by atoms with van der Waals surface area (Å²) in [7, 11) is 0. The molecule has 2 saturated heterocycles. The average Bonchev–Trinajstić information content (AvgIpc) is 3.27. The van der Waals surface area contributed by atoms with Crippen LogP contribution in [-0.2, 0) is 9.59 Å². The van der Waals surface area contributed by atoms with Gasteiger partial charge in [-0.05, 0) is 42.5 Å². The van der Waals surface area contributed by atoms with Gasteiger partial charge >= 0.3 is 0 Å². The lowest BCUT2D eigenvalue weighted by Gasteiger charge is -2.36. The number of hydrogen-bond donors (Lipinski definition) is 1. The first-order valence-corrected chi connectivity index (χ1v) is 10.9. The van der Waals surface area contributed by atoms with Gasteiger partial charge in [-0.1, -0.05) is 11.6 Å². The number of nitrogens with zero attached hydrogens (tertiary/aromatic N) is 3. The Morgan fingerprint density at radius 3 is 2.48 bits per heavy atom. The van der Waals surface area contributed by atoms with E-state index in [1.54, 1.807) is 6.20 Å². The predicted octanol–water partition coefficient (Wildman–Crippen LogP) is 2.66. The number of piperazine rings is 1. The molecule has 8 nitrogen and oxygen atoms in total. The summed E-state index contributed by atoms with van der Waals surface area (Å²) in [6, 6.07) is 9.62. The van der Waals surface area contributed by atoms with Gasteiger partial charge in [-0.15, -0.1) is 0 Å². The van der Waals surface area contributed by atoms with Crippen molar-refractivity contribution in [3.05, 3.63) is 59.0 Å². The van der Waals surface area contributed by atoms with E-state index < -0.39 is 17.6 Å². The number of thiocarbonyl (C=S) groups is 1. The van der Waals surface area contributed by atoms with Gasteiger partial charge in [0.25, 0.3) is 11.8 Å². The Labute approximate surface area is 199 Å². The second-order valence-corrected chi connectivity index (χ2v) is 8.40. The summed E-state index contributed by atoms with van der Waals surface area (Å²) in [5.74, 6) is -0.333. The Kier molecular flexibility index (Phi) is 5.55. The van der Waals surface area contributed by atoms with Crippen LogP contribution in [0.3, 0.4) is 0 Å². The van der Waals surface area contributed by atoms with Gasteiger partial charge in [0.05, 0.1) is 10.7 Å². The average molecular weight is 489 g/mol. The van der Waals surface area contributed by atoms with Crippen molar-refractivity contribution in [3.63, 3.8) is 0 Å². The molecule has 0 atom stereocenters. The summed E-state index contributed by atoms with van der Waals surface area (Å²) in [6.07, 6.45) is 1.55. The van der Waals surface area contributed by atoms with Gasteiger partial charge in [0.15, 0.2) is 16.6 Å². The molecular formula is C22H18ClFN4O4S. The molecule has 0 aromatic heterocycles. The van der Waals surface area contributed by atoms with Gasteiger partial charge in [0, 0.05) is 44.1 Å². The van der Waals surface area contributed by atoms with E-state index in [0.29, 0.717) is 26.2 Å². The van der Waals surface area contributed by atoms with E-state index in [1.165, 1.54) is 12.1 Å². The highest BCUT2D eigenvalue weighted by Crippen LogP contribution is 2.35. The second-order valence-electron chi connectivity index (χ2n) is 7.60. The lowest BCUT2D eigenvalue weighted by atomic mass is 10.1. The van der Waals surface area contributed by atoms with Crippen LogP contribution in [0.2, 0.25) is 5.02 Å². The highest BCUT2D eigenvalue weighted by atomic mass is 35.5. The molecule has 2 fully saturated rings. The van der Waals surface area contributed by atoms with Crippen molar-refractivity contribution in [1.29, 1.82) is 0 Å². The first kappa shape index (κ1) is 21.5. The van der Waals surface area contributed by atoms with Crippen molar-refractivity contribution in [3.8, 4) is 11.5 Å². The molecule has 5 rings (SSSR count). The van der Waals surface area contributed by atoms with Crippen molar-refractivity contribution >= 4 is 52.1 Å². The smallest absolute Gasteiger partial charge is 0.271 e. The topological polar surface area (TPSA) is 74.4 Å². The van der Waals surface area contributed by atoms with Crippen LogP contribution in [0, 0.1) is 5.82 Å². The third-order valence-corrected chi connectivity index (χ3v) is 6.18. The van der Waals surface area contributed by atoms with Crippen molar-refractivity contribution in [2.24, 2.45) is 0 Å². The largest absolute Gasteiger partial charge is 0.454 e. The van der Waals surface area contributed by atoms with E-state index in [9.17, 15) is 14.0 Å². The molecule has 0 spiro atoms. The van der Waals surface area contributed by atoms with Crippen LogP contribution >= 0.6 is 23.8 Å². The van der Waals surface area contributed by atoms with Gasteiger partial charge in [0.1, 0.15) is 11.4 Å². The van der Waals surface area contributed by atoms with E-state index in [-0.39, 0.29) is 28.2 Å². The highest BCUT2D eigenvalue weighted by molar-refractivity contribution is 7.80. The molecule has 1 N–H and O–H groups in total. The SMILES string of the molecule is O=C1NC(=S)N(c2ccc(F)c(Cl)c2)C(=O)/C1=C\N1CCN(c2ccc3c(c2)OCO3)CC1. The molecule has 0 radical (unpaired) electrons. The van der Waals surface area contributed by atoms with Crippen molar-refractivity contribution < 1.29 is 23.5 Å². The molecular weight excluding hydrogens is 471 g/mol. The Hall–Kier alpha value is -3.37. The van der Waals surface area contributed by atoms with E-state index in [4.69, 9.17) is 33.3 Å². The van der Waals surface area contributed by atoms with Gasteiger partial charge in [0.2, 0.25) is 6.79 Å². The minimum atomic E-state index is -0.615. The summed E-state index contributed by atoms with van der Waals surface area (Å²) in [6.45, 7) is 2.81. The number of nitrogens with one attached hydrogen (secondary N) is 1. The van der Waals surface area contributed by atoms with E-state index in [0.717, 1.165) is 28.2 Å². The Balaban J connectivity index is 1.31. The maximum absolute atomic E-state index is 13.6. The van der Waals surface area contributed by atoms with Crippen LogP contribution < -0.4 is 24.6 Å². The summed E-state index contributed by atoms with van der Waals surface area (Å²) >= 11 is 11.0. The normalized spacial score (nSPS) is 19.4. The van der Waals surface area contributed by atoms with Crippen LogP contribution in [0.25, 0.3) is 0 Å². The van der Waals surface area contributed by atoms with Crippen LogP contribution in [0.5, 0.6) is 11.5 Å². The maximum atomic E-state index is 13.6. The molecule has 170 valence electrons. The van der Waals surface area contributed by atoms with Gasteiger partial charge in [-0.3, -0.25) is 19.8 Å². The molecule has 3 aliphatic heterocycles. The fourth-order valence-electron chi connectivity index (χ4n) is 3.88. The van der Waals surface area contributed by atoms with Crippen LogP contribution in [-0.4, -0.2) is 54.8 Å². The highest BCUT2D eigenvalue weighted by Gasteiger charge is 2.35.